The van der Waals surface area contributed by atoms with Crippen LogP contribution in [0.3, 0.4) is 0 Å². The highest BCUT2D eigenvalue weighted by Crippen LogP contribution is 2.74. The van der Waals surface area contributed by atoms with E-state index in [0.717, 1.165) is 5.56 Å². The highest BCUT2D eigenvalue weighted by Gasteiger charge is 2.78. The second-order valence-electron chi connectivity index (χ2n) is 6.02. The van der Waals surface area contributed by atoms with Crippen LogP contribution in [0.4, 0.5) is 0 Å². The maximum atomic E-state index is 11.3. The molecule has 0 heterocycles. The Kier molecular flexibility index (Phi) is 4.82. The minimum atomic E-state index is -1.54. The highest BCUT2D eigenvalue weighted by molar-refractivity contribution is 6.65. The predicted molar refractivity (Wildman–Crippen MR) is 99.9 cm³/mol. The molecule has 3 rings (SSSR count). The summed E-state index contributed by atoms with van der Waals surface area (Å²) in [5.41, 5.74) is 0.787. The number of carbonyl (C=O) groups is 1. The van der Waals surface area contributed by atoms with E-state index in [4.69, 9.17) is 74.3 Å². The molecule has 2 aliphatic rings. The third-order valence-electron chi connectivity index (χ3n) is 4.60. The Morgan fingerprint density at radius 1 is 1.17 bits per heavy atom. The van der Waals surface area contributed by atoms with Gasteiger partial charge in [0.1, 0.15) is 15.5 Å². The summed E-state index contributed by atoms with van der Waals surface area (Å²) in [6, 6.07) is 7.17. The van der Waals surface area contributed by atoms with E-state index in [0.29, 0.717) is 18.6 Å². The maximum Gasteiger partial charge on any atom is 0.308 e. The quantitative estimate of drug-likeness (QED) is 0.321. The van der Waals surface area contributed by atoms with Crippen molar-refractivity contribution >= 4 is 75.6 Å². The molecule has 3 atom stereocenters. The van der Waals surface area contributed by atoms with Gasteiger partial charge in [0.15, 0.2) is 4.33 Å². The van der Waals surface area contributed by atoms with Gasteiger partial charge in [0, 0.05) is 6.92 Å². The summed E-state index contributed by atoms with van der Waals surface area (Å²) >= 11 is 38.9. The van der Waals surface area contributed by atoms with Gasteiger partial charge in [-0.1, -0.05) is 64.6 Å². The number of allylic oxidation sites excluding steroid dienone is 2. The van der Waals surface area contributed by atoms with E-state index in [9.17, 15) is 4.79 Å². The van der Waals surface area contributed by atoms with Crippen LogP contribution in [-0.4, -0.2) is 20.1 Å². The molecule has 1 fully saturated rings. The van der Waals surface area contributed by atoms with Crippen molar-refractivity contribution in [2.75, 3.05) is 0 Å². The number of esters is 1. The Morgan fingerprint density at radius 2 is 1.79 bits per heavy atom. The first kappa shape index (κ1) is 18.9. The molecule has 130 valence electrons. The Bertz CT molecular complexity index is 746. The molecule has 8 heteroatoms. The number of ether oxygens (including phenoxy) is 1. The number of halogens is 6. The van der Waals surface area contributed by atoms with E-state index in [1.54, 1.807) is 12.1 Å². The van der Waals surface area contributed by atoms with Crippen molar-refractivity contribution in [1.82, 2.24) is 0 Å². The molecule has 1 aromatic rings. The van der Waals surface area contributed by atoms with Gasteiger partial charge in [-0.2, -0.15) is 0 Å². The summed E-state index contributed by atoms with van der Waals surface area (Å²) in [6.45, 7) is 1.34. The van der Waals surface area contributed by atoms with Crippen LogP contribution in [0.2, 0.25) is 0 Å². The molecule has 0 N–H and O–H groups in total. The van der Waals surface area contributed by atoms with E-state index in [1.165, 1.54) is 6.92 Å². The van der Waals surface area contributed by atoms with Crippen molar-refractivity contribution in [2.45, 2.75) is 33.8 Å². The average Bonchev–Trinajstić information content (AvgIpc) is 2.71. The third-order valence-corrected chi connectivity index (χ3v) is 8.92. The summed E-state index contributed by atoms with van der Waals surface area (Å²) in [6.07, 6.45) is 0.789. The first-order valence-corrected chi connectivity index (χ1v) is 9.40. The van der Waals surface area contributed by atoms with Crippen molar-refractivity contribution in [3.8, 4) is 5.75 Å². The highest BCUT2D eigenvalue weighted by atomic mass is 35.5. The Hall–Kier alpha value is 0.170. The summed E-state index contributed by atoms with van der Waals surface area (Å²) in [4.78, 5) is 8.74. The molecule has 0 saturated heterocycles. The Balaban J connectivity index is 1.99. The lowest BCUT2D eigenvalue weighted by atomic mass is 9.86. The van der Waals surface area contributed by atoms with Crippen LogP contribution in [0, 0.1) is 5.92 Å². The topological polar surface area (TPSA) is 26.3 Å². The molecule has 1 saturated carbocycles. The molecule has 0 spiro atoms. The van der Waals surface area contributed by atoms with Crippen molar-refractivity contribution in [3.05, 3.63) is 39.9 Å². The fraction of sp³-hybridized carbons (Fsp3) is 0.438. The van der Waals surface area contributed by atoms with E-state index in [1.807, 2.05) is 12.1 Å². The second kappa shape index (κ2) is 6.11. The maximum absolute atomic E-state index is 11.3. The third kappa shape index (κ3) is 2.41. The lowest BCUT2D eigenvalue weighted by molar-refractivity contribution is -0.131. The van der Waals surface area contributed by atoms with Gasteiger partial charge in [0.05, 0.1) is 10.1 Å². The zero-order valence-electron chi connectivity index (χ0n) is 12.4. The molecule has 1 aromatic carbocycles. The van der Waals surface area contributed by atoms with Crippen molar-refractivity contribution in [2.24, 2.45) is 5.92 Å². The van der Waals surface area contributed by atoms with Gasteiger partial charge >= 0.3 is 5.97 Å². The summed E-state index contributed by atoms with van der Waals surface area (Å²) in [5, 5.41) is 0.363. The number of carbonyl (C=O) groups excluding carboxylic acids is 1. The number of hydrogen-bond donors (Lipinski definition) is 0. The summed E-state index contributed by atoms with van der Waals surface area (Å²) in [5.74, 6) is -0.231. The molecule has 0 radical (unpaired) electrons. The van der Waals surface area contributed by atoms with Crippen LogP contribution in [0.15, 0.2) is 34.3 Å². The minimum Gasteiger partial charge on any atom is -0.426 e. The number of hydrogen-bond acceptors (Lipinski definition) is 2. The number of fused-ring (bicyclic) bond motifs is 2. The fourth-order valence-corrected chi connectivity index (χ4v) is 6.28. The van der Waals surface area contributed by atoms with Crippen LogP contribution < -0.4 is 4.74 Å². The minimum absolute atomic E-state index is 0.173. The van der Waals surface area contributed by atoms with Gasteiger partial charge in [-0.15, -0.1) is 23.2 Å². The predicted octanol–water partition coefficient (Wildman–Crippen LogP) is 6.01. The molecular weight excluding hydrogens is 437 g/mol. The molecule has 0 amide bonds. The van der Waals surface area contributed by atoms with E-state index >= 15 is 0 Å². The van der Waals surface area contributed by atoms with Gasteiger partial charge in [0.2, 0.25) is 0 Å². The normalized spacial score (nSPS) is 33.9. The van der Waals surface area contributed by atoms with Gasteiger partial charge in [-0.25, -0.2) is 0 Å². The van der Waals surface area contributed by atoms with E-state index in [2.05, 4.69) is 0 Å². The zero-order valence-corrected chi connectivity index (χ0v) is 16.9. The number of rotatable bonds is 3. The number of alkyl halides is 4. The monoisotopic (exact) mass is 446 g/mol. The smallest absolute Gasteiger partial charge is 0.308 e. The van der Waals surface area contributed by atoms with E-state index in [-0.39, 0.29) is 16.0 Å². The first-order valence-electron chi connectivity index (χ1n) is 7.14. The number of para-hydroxylation sites is 1. The van der Waals surface area contributed by atoms with Crippen LogP contribution in [0.25, 0.3) is 0 Å². The van der Waals surface area contributed by atoms with Crippen molar-refractivity contribution in [3.63, 3.8) is 0 Å². The Morgan fingerprint density at radius 3 is 2.33 bits per heavy atom. The lowest BCUT2D eigenvalue weighted by Gasteiger charge is -2.34. The lowest BCUT2D eigenvalue weighted by Crippen LogP contribution is -2.44. The van der Waals surface area contributed by atoms with Crippen molar-refractivity contribution < 1.29 is 9.53 Å². The molecule has 24 heavy (non-hydrogen) atoms. The molecule has 2 nitrogen and oxygen atoms in total. The molecule has 3 unspecified atom stereocenters. The standard InChI is InChI=1S/C16H12Cl6O2/c1-8(23)24-11-5-3-2-4-9(11)6-10-7-14(19)12(17)13(18)15(10,20)16(14,21)22/h2-5,10H,6-7H2,1H3. The van der Waals surface area contributed by atoms with Crippen LogP contribution in [0.5, 0.6) is 5.75 Å². The van der Waals surface area contributed by atoms with Crippen LogP contribution in [-0.2, 0) is 11.2 Å². The fourth-order valence-electron chi connectivity index (χ4n) is 3.44. The van der Waals surface area contributed by atoms with Gasteiger partial charge < -0.3 is 4.74 Å². The SMILES string of the molecule is CC(=O)Oc1ccccc1CC1CC2(Cl)C(Cl)=C(Cl)C1(Cl)C2(Cl)Cl. The molecule has 0 aromatic heterocycles. The second-order valence-corrected chi connectivity index (χ2v) is 9.35. The number of benzene rings is 1. The van der Waals surface area contributed by atoms with Crippen LogP contribution >= 0.6 is 69.6 Å². The first-order chi connectivity index (χ1) is 11.1. The zero-order chi connectivity index (χ0) is 17.9. The van der Waals surface area contributed by atoms with Crippen molar-refractivity contribution in [1.29, 1.82) is 0 Å². The summed E-state index contributed by atoms with van der Waals surface area (Å²) < 4.78 is 3.70. The van der Waals surface area contributed by atoms with E-state index < -0.39 is 20.1 Å². The van der Waals surface area contributed by atoms with Gasteiger partial charge in [-0.3, -0.25) is 4.79 Å². The molecular formula is C16H12Cl6O2. The Labute approximate surface area is 169 Å². The largest absolute Gasteiger partial charge is 0.426 e. The average molecular weight is 449 g/mol. The van der Waals surface area contributed by atoms with Gasteiger partial charge in [-0.05, 0) is 30.4 Å². The molecule has 0 aliphatic heterocycles. The molecule has 2 aliphatic carbocycles. The van der Waals surface area contributed by atoms with Crippen LogP contribution in [0.1, 0.15) is 18.9 Å². The molecule has 2 bridgehead atoms. The summed E-state index contributed by atoms with van der Waals surface area (Å²) in [7, 11) is 0. The van der Waals surface area contributed by atoms with Gasteiger partial charge in [0.25, 0.3) is 0 Å².